The molecule has 3 aromatic rings. The first-order chi connectivity index (χ1) is 9.33. The average molecular weight is 270 g/mol. The summed E-state index contributed by atoms with van der Waals surface area (Å²) >= 11 is 1.14. The Morgan fingerprint density at radius 2 is 2.11 bits per heavy atom. The lowest BCUT2D eigenvalue weighted by Crippen LogP contribution is -2.22. The molecule has 2 heterocycles. The molecule has 94 valence electrons. The van der Waals surface area contributed by atoms with Crippen molar-refractivity contribution in [3.8, 4) is 0 Å². The lowest BCUT2D eigenvalue weighted by atomic mass is 10.2. The maximum atomic E-state index is 12.0. The molecule has 0 radical (unpaired) electrons. The summed E-state index contributed by atoms with van der Waals surface area (Å²) in [6.45, 7) is 0.458. The fraction of sp³-hybridized carbons (Fsp3) is 0.0769. The summed E-state index contributed by atoms with van der Waals surface area (Å²) in [5.74, 6) is -0.126. The van der Waals surface area contributed by atoms with Gasteiger partial charge in [-0.15, -0.1) is 0 Å². The molecule has 0 aliphatic rings. The Labute approximate surface area is 113 Å². The number of rotatable bonds is 3. The van der Waals surface area contributed by atoms with Gasteiger partial charge in [0.25, 0.3) is 5.91 Å². The van der Waals surface area contributed by atoms with E-state index in [1.54, 1.807) is 30.6 Å². The maximum absolute atomic E-state index is 12.0. The molecular formula is C13H10N4OS. The predicted molar refractivity (Wildman–Crippen MR) is 72.8 cm³/mol. The molecule has 0 aliphatic heterocycles. The summed E-state index contributed by atoms with van der Waals surface area (Å²) in [7, 11) is 0. The van der Waals surface area contributed by atoms with Crippen molar-refractivity contribution in [3.63, 3.8) is 0 Å². The van der Waals surface area contributed by atoms with Gasteiger partial charge >= 0.3 is 0 Å². The topological polar surface area (TPSA) is 67.8 Å². The fourth-order valence-corrected chi connectivity index (χ4v) is 2.23. The van der Waals surface area contributed by atoms with Gasteiger partial charge in [0.2, 0.25) is 0 Å². The third-order valence-electron chi connectivity index (χ3n) is 2.69. The summed E-state index contributed by atoms with van der Waals surface area (Å²) in [5, 5.41) is 2.85. The van der Waals surface area contributed by atoms with Gasteiger partial charge in [-0.1, -0.05) is 6.07 Å². The molecule has 0 saturated carbocycles. The second-order valence-corrected chi connectivity index (χ2v) is 4.54. The predicted octanol–water partition coefficient (Wildman–Crippen LogP) is 2.02. The zero-order valence-corrected chi connectivity index (χ0v) is 10.7. The number of hydrogen-bond acceptors (Lipinski definition) is 5. The number of fused-ring (bicyclic) bond motifs is 1. The first-order valence-corrected chi connectivity index (χ1v) is 6.45. The molecule has 0 aliphatic carbocycles. The second-order valence-electron chi connectivity index (χ2n) is 4.01. The van der Waals surface area contributed by atoms with Gasteiger partial charge in [-0.25, -0.2) is 0 Å². The minimum Gasteiger partial charge on any atom is -0.348 e. The van der Waals surface area contributed by atoms with Crippen molar-refractivity contribution in [1.82, 2.24) is 19.0 Å². The summed E-state index contributed by atoms with van der Waals surface area (Å²) in [5.41, 5.74) is 3.11. The van der Waals surface area contributed by atoms with E-state index >= 15 is 0 Å². The quantitative estimate of drug-likeness (QED) is 0.790. The molecule has 0 spiro atoms. The number of carbonyl (C=O) groups excluding carboxylic acids is 1. The van der Waals surface area contributed by atoms with Gasteiger partial charge in [0.05, 0.1) is 11.7 Å². The van der Waals surface area contributed by atoms with Crippen molar-refractivity contribution in [2.75, 3.05) is 0 Å². The number of benzene rings is 1. The van der Waals surface area contributed by atoms with Gasteiger partial charge in [0, 0.05) is 24.5 Å². The molecule has 0 atom stereocenters. The van der Waals surface area contributed by atoms with E-state index in [1.165, 1.54) is 0 Å². The van der Waals surface area contributed by atoms with Crippen molar-refractivity contribution >= 4 is 28.7 Å². The van der Waals surface area contributed by atoms with Crippen molar-refractivity contribution < 1.29 is 4.79 Å². The average Bonchev–Trinajstić information content (AvgIpc) is 2.93. The van der Waals surface area contributed by atoms with E-state index in [-0.39, 0.29) is 5.91 Å². The van der Waals surface area contributed by atoms with Crippen LogP contribution in [0.2, 0.25) is 0 Å². The minimum atomic E-state index is -0.126. The van der Waals surface area contributed by atoms with Crippen molar-refractivity contribution in [1.29, 1.82) is 0 Å². The number of nitrogens with zero attached hydrogens (tertiary/aromatic N) is 3. The van der Waals surface area contributed by atoms with Crippen LogP contribution in [0.15, 0.2) is 42.7 Å². The van der Waals surface area contributed by atoms with Gasteiger partial charge in [-0.2, -0.15) is 8.75 Å². The zero-order valence-electron chi connectivity index (χ0n) is 9.91. The van der Waals surface area contributed by atoms with E-state index in [0.29, 0.717) is 12.1 Å². The summed E-state index contributed by atoms with van der Waals surface area (Å²) in [6, 6.07) is 9.06. The van der Waals surface area contributed by atoms with E-state index in [1.807, 2.05) is 12.1 Å². The summed E-state index contributed by atoms with van der Waals surface area (Å²) in [6.07, 6.45) is 3.43. The summed E-state index contributed by atoms with van der Waals surface area (Å²) < 4.78 is 8.22. The van der Waals surface area contributed by atoms with Crippen LogP contribution in [0.3, 0.4) is 0 Å². The third-order valence-corrected chi connectivity index (χ3v) is 3.25. The Morgan fingerprint density at radius 1 is 1.21 bits per heavy atom. The standard InChI is InChI=1S/C13H10N4OS/c18-13(15-8-9-2-1-5-14-7-9)10-3-4-11-12(6-10)17-19-16-11/h1-7H,8H2,(H,15,18). The number of pyridine rings is 1. The Bertz CT molecular complexity index is 711. The molecule has 3 rings (SSSR count). The van der Waals surface area contributed by atoms with Gasteiger partial charge in [0.15, 0.2) is 0 Å². The first kappa shape index (κ1) is 11.7. The normalized spacial score (nSPS) is 10.5. The Balaban J connectivity index is 1.73. The number of hydrogen-bond donors (Lipinski definition) is 1. The van der Waals surface area contributed by atoms with Crippen LogP contribution in [-0.4, -0.2) is 19.6 Å². The first-order valence-electron chi connectivity index (χ1n) is 5.72. The summed E-state index contributed by atoms with van der Waals surface area (Å²) in [4.78, 5) is 16.0. The van der Waals surface area contributed by atoms with Gasteiger partial charge < -0.3 is 5.32 Å². The lowest BCUT2D eigenvalue weighted by molar-refractivity contribution is 0.0951. The molecule has 1 N–H and O–H groups in total. The molecule has 6 heteroatoms. The largest absolute Gasteiger partial charge is 0.348 e. The van der Waals surface area contributed by atoms with Crippen LogP contribution in [0.1, 0.15) is 15.9 Å². The number of amides is 1. The third kappa shape index (κ3) is 2.58. The molecule has 1 aromatic carbocycles. The maximum Gasteiger partial charge on any atom is 0.251 e. The van der Waals surface area contributed by atoms with E-state index in [9.17, 15) is 4.79 Å². The monoisotopic (exact) mass is 270 g/mol. The Kier molecular flexibility index (Phi) is 3.16. The van der Waals surface area contributed by atoms with Gasteiger partial charge in [0.1, 0.15) is 11.0 Å². The van der Waals surface area contributed by atoms with Crippen LogP contribution < -0.4 is 5.32 Å². The fourth-order valence-electron chi connectivity index (χ4n) is 1.71. The molecule has 19 heavy (non-hydrogen) atoms. The van der Waals surface area contributed by atoms with Crippen molar-refractivity contribution in [3.05, 3.63) is 53.9 Å². The molecule has 0 saturated heterocycles. The highest BCUT2D eigenvalue weighted by atomic mass is 32.1. The SMILES string of the molecule is O=C(NCc1cccnc1)c1ccc2nsnc2c1. The molecular weight excluding hydrogens is 260 g/mol. The second kappa shape index (κ2) is 5.11. The zero-order chi connectivity index (χ0) is 13.1. The Morgan fingerprint density at radius 3 is 2.95 bits per heavy atom. The van der Waals surface area contributed by atoms with Crippen LogP contribution >= 0.6 is 11.7 Å². The molecule has 0 fully saturated rings. The smallest absolute Gasteiger partial charge is 0.251 e. The lowest BCUT2D eigenvalue weighted by Gasteiger charge is -2.04. The van der Waals surface area contributed by atoms with Gasteiger partial charge in [-0.3, -0.25) is 9.78 Å². The molecule has 0 unspecified atom stereocenters. The van der Waals surface area contributed by atoms with Crippen molar-refractivity contribution in [2.45, 2.75) is 6.54 Å². The molecule has 2 aromatic heterocycles. The van der Waals surface area contributed by atoms with Crippen LogP contribution in [0.5, 0.6) is 0 Å². The van der Waals surface area contributed by atoms with E-state index in [2.05, 4.69) is 19.0 Å². The van der Waals surface area contributed by atoms with Crippen LogP contribution in [0, 0.1) is 0 Å². The van der Waals surface area contributed by atoms with Crippen LogP contribution in [0.25, 0.3) is 11.0 Å². The Hall–Kier alpha value is -2.34. The molecule has 1 amide bonds. The van der Waals surface area contributed by atoms with Gasteiger partial charge in [-0.05, 0) is 29.8 Å². The van der Waals surface area contributed by atoms with Crippen molar-refractivity contribution in [2.24, 2.45) is 0 Å². The number of aromatic nitrogens is 3. The molecule has 0 bridgehead atoms. The highest BCUT2D eigenvalue weighted by Gasteiger charge is 2.07. The van der Waals surface area contributed by atoms with Crippen LogP contribution in [0.4, 0.5) is 0 Å². The number of nitrogens with one attached hydrogen (secondary N) is 1. The molecule has 5 nitrogen and oxygen atoms in total. The van der Waals surface area contributed by atoms with E-state index < -0.39 is 0 Å². The number of carbonyl (C=O) groups is 1. The van der Waals surface area contributed by atoms with Crippen LogP contribution in [-0.2, 0) is 6.54 Å². The van der Waals surface area contributed by atoms with E-state index in [4.69, 9.17) is 0 Å². The highest BCUT2D eigenvalue weighted by molar-refractivity contribution is 7.00. The highest BCUT2D eigenvalue weighted by Crippen LogP contribution is 2.13. The minimum absolute atomic E-state index is 0.126. The van der Waals surface area contributed by atoms with E-state index in [0.717, 1.165) is 28.3 Å².